The molecule has 2 rings (SSSR count). The molecular weight excluding hydrogens is 254 g/mol. The molecule has 3 heteroatoms. The van der Waals surface area contributed by atoms with Crippen molar-refractivity contribution in [1.29, 1.82) is 0 Å². The van der Waals surface area contributed by atoms with Gasteiger partial charge in [-0.25, -0.2) is 0 Å². The maximum Gasteiger partial charge on any atom is 0.137 e. The fourth-order valence-electron chi connectivity index (χ4n) is 2.77. The second-order valence-electron chi connectivity index (χ2n) is 5.87. The van der Waals surface area contributed by atoms with E-state index in [0.29, 0.717) is 11.8 Å². The lowest BCUT2D eigenvalue weighted by molar-refractivity contribution is -0.123. The van der Waals surface area contributed by atoms with Crippen LogP contribution in [0.1, 0.15) is 50.8 Å². The van der Waals surface area contributed by atoms with Crippen molar-refractivity contribution in [2.75, 3.05) is 6.54 Å². The molecule has 1 saturated carbocycles. The van der Waals surface area contributed by atoms with Gasteiger partial charge in [-0.1, -0.05) is 18.9 Å². The van der Waals surface area contributed by atoms with E-state index in [1.807, 2.05) is 11.3 Å². The Labute approximate surface area is 120 Å². The van der Waals surface area contributed by atoms with Crippen LogP contribution in [0, 0.1) is 5.92 Å². The number of hydrogen-bond donors (Lipinski definition) is 0. The van der Waals surface area contributed by atoms with Crippen LogP contribution in [-0.4, -0.2) is 23.3 Å². The number of hydrogen-bond acceptors (Lipinski definition) is 3. The van der Waals surface area contributed by atoms with Crippen molar-refractivity contribution in [2.24, 2.45) is 5.92 Å². The van der Waals surface area contributed by atoms with Crippen LogP contribution in [0.4, 0.5) is 0 Å². The summed E-state index contributed by atoms with van der Waals surface area (Å²) in [5.74, 6) is 0.763. The quantitative estimate of drug-likeness (QED) is 0.756. The minimum absolute atomic E-state index is 0.268. The maximum absolute atomic E-state index is 12.2. The summed E-state index contributed by atoms with van der Waals surface area (Å²) in [5.41, 5.74) is 0. The fraction of sp³-hybridized carbons (Fsp3) is 0.688. The van der Waals surface area contributed by atoms with Gasteiger partial charge in [-0.3, -0.25) is 9.69 Å². The van der Waals surface area contributed by atoms with Gasteiger partial charge in [-0.05, 0) is 38.1 Å². The van der Waals surface area contributed by atoms with Gasteiger partial charge in [0.2, 0.25) is 0 Å². The molecule has 19 heavy (non-hydrogen) atoms. The van der Waals surface area contributed by atoms with Crippen LogP contribution in [0.5, 0.6) is 0 Å². The summed E-state index contributed by atoms with van der Waals surface area (Å²) in [5, 5.41) is 2.13. The van der Waals surface area contributed by atoms with Crippen molar-refractivity contribution in [2.45, 2.75) is 58.5 Å². The number of nitrogens with zero attached hydrogens (tertiary/aromatic N) is 1. The van der Waals surface area contributed by atoms with Crippen molar-refractivity contribution in [3.05, 3.63) is 22.4 Å². The minimum Gasteiger partial charge on any atom is -0.299 e. The Morgan fingerprint density at radius 1 is 1.37 bits per heavy atom. The van der Waals surface area contributed by atoms with E-state index in [9.17, 15) is 4.79 Å². The number of thiophene rings is 1. The maximum atomic E-state index is 12.2. The molecule has 0 saturated heterocycles. The fourth-order valence-corrected chi connectivity index (χ4v) is 3.50. The van der Waals surface area contributed by atoms with Crippen LogP contribution in [0.3, 0.4) is 0 Å². The lowest BCUT2D eigenvalue weighted by Gasteiger charge is -2.29. The Hall–Kier alpha value is -0.670. The highest BCUT2D eigenvalue weighted by Crippen LogP contribution is 2.23. The van der Waals surface area contributed by atoms with Crippen LogP contribution >= 0.6 is 11.3 Å². The summed E-state index contributed by atoms with van der Waals surface area (Å²) in [6.07, 6.45) is 5.44. The van der Waals surface area contributed by atoms with E-state index in [1.54, 1.807) is 0 Å². The summed E-state index contributed by atoms with van der Waals surface area (Å²) in [4.78, 5) is 16.0. The summed E-state index contributed by atoms with van der Waals surface area (Å²) in [6.45, 7) is 6.39. The second-order valence-corrected chi connectivity index (χ2v) is 6.90. The molecule has 2 nitrogen and oxygen atoms in total. The molecule has 1 unspecified atom stereocenters. The average Bonchev–Trinajstić information content (AvgIpc) is 2.80. The smallest absolute Gasteiger partial charge is 0.137 e. The normalized spacial score (nSPS) is 21.1. The molecule has 1 heterocycles. The van der Waals surface area contributed by atoms with Gasteiger partial charge in [-0.15, -0.1) is 11.3 Å². The molecule has 1 aromatic rings. The van der Waals surface area contributed by atoms with E-state index in [4.69, 9.17) is 0 Å². The van der Waals surface area contributed by atoms with E-state index in [-0.39, 0.29) is 5.92 Å². The zero-order valence-electron chi connectivity index (χ0n) is 12.1. The number of Topliss-reactive ketones (excluding diaryl/α,β-unsaturated/α-hetero) is 1. The van der Waals surface area contributed by atoms with Crippen molar-refractivity contribution in [1.82, 2.24) is 4.90 Å². The van der Waals surface area contributed by atoms with Gasteiger partial charge >= 0.3 is 0 Å². The molecule has 1 atom stereocenters. The molecule has 0 aliphatic heterocycles. The second kappa shape index (κ2) is 7.20. The van der Waals surface area contributed by atoms with E-state index in [2.05, 4.69) is 36.3 Å². The monoisotopic (exact) mass is 279 g/mol. The zero-order chi connectivity index (χ0) is 13.7. The first-order valence-corrected chi connectivity index (χ1v) is 8.34. The van der Waals surface area contributed by atoms with Gasteiger partial charge in [0.25, 0.3) is 0 Å². The standard InChI is InChI=1S/C16H25NOS/c1-13(2)17(12-15-8-6-10-19-15)11-14-7-4-3-5-9-16(14)18/h6,8,10,13-14H,3-5,7,9,11-12H2,1-2H3. The van der Waals surface area contributed by atoms with Crippen LogP contribution in [-0.2, 0) is 11.3 Å². The van der Waals surface area contributed by atoms with Crippen molar-refractivity contribution in [3.63, 3.8) is 0 Å². The third kappa shape index (κ3) is 4.43. The molecular formula is C16H25NOS. The van der Waals surface area contributed by atoms with Crippen LogP contribution in [0.15, 0.2) is 17.5 Å². The van der Waals surface area contributed by atoms with Crippen molar-refractivity contribution >= 4 is 17.1 Å². The number of ketones is 1. The van der Waals surface area contributed by atoms with Gasteiger partial charge in [0.1, 0.15) is 5.78 Å². The Morgan fingerprint density at radius 2 is 2.21 bits per heavy atom. The summed E-state index contributed by atoms with van der Waals surface area (Å²) >= 11 is 1.81. The zero-order valence-corrected chi connectivity index (χ0v) is 12.9. The third-order valence-corrected chi connectivity index (χ3v) is 4.92. The number of carbonyl (C=O) groups excluding carboxylic acids is 1. The SMILES string of the molecule is CC(C)N(Cc1cccs1)CC1CCCCCC1=O. The van der Waals surface area contributed by atoms with Gasteiger partial charge < -0.3 is 0 Å². The van der Waals surface area contributed by atoms with Crippen molar-refractivity contribution in [3.8, 4) is 0 Å². The van der Waals surface area contributed by atoms with Crippen molar-refractivity contribution < 1.29 is 4.79 Å². The summed E-state index contributed by atoms with van der Waals surface area (Å²) < 4.78 is 0. The lowest BCUT2D eigenvalue weighted by atomic mass is 9.97. The largest absolute Gasteiger partial charge is 0.299 e. The third-order valence-electron chi connectivity index (χ3n) is 4.06. The average molecular weight is 279 g/mol. The molecule has 1 aliphatic rings. The Morgan fingerprint density at radius 3 is 2.89 bits per heavy atom. The molecule has 0 N–H and O–H groups in total. The summed E-state index contributed by atoms with van der Waals surface area (Å²) in [7, 11) is 0. The predicted octanol–water partition coefficient (Wildman–Crippen LogP) is 4.11. The molecule has 1 aliphatic carbocycles. The Bertz CT molecular complexity index is 385. The van der Waals surface area contributed by atoms with Gasteiger partial charge in [-0.2, -0.15) is 0 Å². The van der Waals surface area contributed by atoms with E-state index >= 15 is 0 Å². The molecule has 0 bridgehead atoms. The Balaban J connectivity index is 1.97. The molecule has 1 aromatic heterocycles. The first-order valence-electron chi connectivity index (χ1n) is 7.46. The Kier molecular flexibility index (Phi) is 5.59. The van der Waals surface area contributed by atoms with Gasteiger partial charge in [0.15, 0.2) is 0 Å². The minimum atomic E-state index is 0.268. The van der Waals surface area contributed by atoms with E-state index < -0.39 is 0 Å². The van der Waals surface area contributed by atoms with E-state index in [0.717, 1.165) is 32.4 Å². The molecule has 0 radical (unpaired) electrons. The number of rotatable bonds is 5. The highest BCUT2D eigenvalue weighted by atomic mass is 32.1. The van der Waals surface area contributed by atoms with Crippen LogP contribution < -0.4 is 0 Å². The molecule has 0 amide bonds. The highest BCUT2D eigenvalue weighted by Gasteiger charge is 2.24. The molecule has 1 fully saturated rings. The number of carbonyl (C=O) groups is 1. The van der Waals surface area contributed by atoms with Gasteiger partial charge in [0.05, 0.1) is 0 Å². The van der Waals surface area contributed by atoms with Crippen LogP contribution in [0.2, 0.25) is 0 Å². The van der Waals surface area contributed by atoms with Gasteiger partial charge in [0, 0.05) is 36.3 Å². The lowest BCUT2D eigenvalue weighted by Crippen LogP contribution is -2.37. The first-order chi connectivity index (χ1) is 9.16. The molecule has 0 spiro atoms. The summed E-state index contributed by atoms with van der Waals surface area (Å²) in [6, 6.07) is 4.79. The molecule has 0 aromatic carbocycles. The first kappa shape index (κ1) is 14.7. The van der Waals surface area contributed by atoms with E-state index in [1.165, 1.54) is 17.7 Å². The highest BCUT2D eigenvalue weighted by molar-refractivity contribution is 7.09. The predicted molar refractivity (Wildman–Crippen MR) is 81.4 cm³/mol. The molecule has 106 valence electrons. The topological polar surface area (TPSA) is 20.3 Å². The van der Waals surface area contributed by atoms with Crippen LogP contribution in [0.25, 0.3) is 0 Å².